The van der Waals surface area contributed by atoms with Gasteiger partial charge in [-0.1, -0.05) is 24.3 Å². The van der Waals surface area contributed by atoms with Crippen LogP contribution in [-0.2, 0) is 27.1 Å². The van der Waals surface area contributed by atoms with Gasteiger partial charge in [-0.05, 0) is 45.2 Å². The fourth-order valence-electron chi connectivity index (χ4n) is 1.90. The topological polar surface area (TPSA) is 64.6 Å². The van der Waals surface area contributed by atoms with Crippen molar-refractivity contribution >= 4 is 12.1 Å². The second-order valence-corrected chi connectivity index (χ2v) is 5.98. The Labute approximate surface area is 132 Å². The molecule has 22 heavy (non-hydrogen) atoms. The van der Waals surface area contributed by atoms with Crippen molar-refractivity contribution in [1.29, 1.82) is 0 Å². The molecular weight excluding hydrogens is 282 g/mol. The number of ether oxygens (including phenoxy) is 2. The summed E-state index contributed by atoms with van der Waals surface area (Å²) in [4.78, 5) is 23.0. The standard InChI is InChI=1S/C17H25NO4/c1-5-21-15(19)12-14-8-6-7-13(11-14)9-10-18-16(20)22-17(2,3)4/h6-8,11H,5,9-10,12H2,1-4H3,(H,18,20). The number of esters is 1. The van der Waals surface area contributed by atoms with Crippen LogP contribution in [0.1, 0.15) is 38.8 Å². The second-order valence-electron chi connectivity index (χ2n) is 5.98. The third kappa shape index (κ3) is 7.67. The van der Waals surface area contributed by atoms with Crippen molar-refractivity contribution in [3.05, 3.63) is 35.4 Å². The van der Waals surface area contributed by atoms with Crippen LogP contribution in [0, 0.1) is 0 Å². The largest absolute Gasteiger partial charge is 0.466 e. The van der Waals surface area contributed by atoms with Crippen LogP contribution in [0.5, 0.6) is 0 Å². The Morgan fingerprint density at radius 1 is 1.18 bits per heavy atom. The highest BCUT2D eigenvalue weighted by atomic mass is 16.6. The van der Waals surface area contributed by atoms with Gasteiger partial charge in [-0.2, -0.15) is 0 Å². The van der Waals surface area contributed by atoms with Crippen LogP contribution in [0.2, 0.25) is 0 Å². The van der Waals surface area contributed by atoms with Gasteiger partial charge in [-0.3, -0.25) is 4.79 Å². The van der Waals surface area contributed by atoms with Crippen molar-refractivity contribution in [3.8, 4) is 0 Å². The molecule has 1 amide bonds. The van der Waals surface area contributed by atoms with E-state index in [1.807, 2.05) is 45.0 Å². The van der Waals surface area contributed by atoms with Crippen LogP contribution in [0.4, 0.5) is 4.79 Å². The van der Waals surface area contributed by atoms with Gasteiger partial charge in [0.2, 0.25) is 0 Å². The quantitative estimate of drug-likeness (QED) is 0.821. The van der Waals surface area contributed by atoms with Gasteiger partial charge in [-0.15, -0.1) is 0 Å². The predicted molar refractivity (Wildman–Crippen MR) is 84.7 cm³/mol. The summed E-state index contributed by atoms with van der Waals surface area (Å²) < 4.78 is 10.1. The monoisotopic (exact) mass is 307 g/mol. The summed E-state index contributed by atoms with van der Waals surface area (Å²) in [5, 5.41) is 2.72. The molecule has 0 atom stereocenters. The minimum Gasteiger partial charge on any atom is -0.466 e. The number of hydrogen-bond donors (Lipinski definition) is 1. The van der Waals surface area contributed by atoms with Gasteiger partial charge in [0.05, 0.1) is 13.0 Å². The summed E-state index contributed by atoms with van der Waals surface area (Å²) in [7, 11) is 0. The number of alkyl carbamates (subject to hydrolysis) is 1. The van der Waals surface area contributed by atoms with E-state index in [1.165, 1.54) is 0 Å². The Kier molecular flexibility index (Phi) is 6.89. The number of rotatable bonds is 6. The fraction of sp³-hybridized carbons (Fsp3) is 0.529. The molecule has 0 radical (unpaired) electrons. The minimum absolute atomic E-state index is 0.230. The summed E-state index contributed by atoms with van der Waals surface area (Å²) in [6.45, 7) is 8.13. The van der Waals surface area contributed by atoms with Crippen molar-refractivity contribution in [3.63, 3.8) is 0 Å². The van der Waals surface area contributed by atoms with Crippen molar-refractivity contribution in [2.75, 3.05) is 13.2 Å². The zero-order chi connectivity index (χ0) is 16.6. The van der Waals surface area contributed by atoms with Gasteiger partial charge in [0.15, 0.2) is 0 Å². The Balaban J connectivity index is 2.43. The number of carbonyl (C=O) groups excluding carboxylic acids is 2. The van der Waals surface area contributed by atoms with E-state index in [0.29, 0.717) is 19.6 Å². The molecule has 1 N–H and O–H groups in total. The van der Waals surface area contributed by atoms with Gasteiger partial charge >= 0.3 is 12.1 Å². The number of amides is 1. The molecule has 5 heteroatoms. The van der Waals surface area contributed by atoms with E-state index >= 15 is 0 Å². The first-order chi connectivity index (χ1) is 10.3. The third-order valence-corrected chi connectivity index (χ3v) is 2.73. The molecule has 0 aliphatic rings. The first kappa shape index (κ1) is 18.0. The van der Waals surface area contributed by atoms with E-state index in [2.05, 4.69) is 5.32 Å². The zero-order valence-electron chi connectivity index (χ0n) is 13.8. The molecule has 0 spiro atoms. The number of hydrogen-bond acceptors (Lipinski definition) is 4. The third-order valence-electron chi connectivity index (χ3n) is 2.73. The molecule has 0 saturated heterocycles. The molecule has 1 aromatic carbocycles. The lowest BCUT2D eigenvalue weighted by Gasteiger charge is -2.19. The number of nitrogens with one attached hydrogen (secondary N) is 1. The Morgan fingerprint density at radius 3 is 2.50 bits per heavy atom. The molecule has 1 aromatic rings. The molecular formula is C17H25NO4. The van der Waals surface area contributed by atoms with Gasteiger partial charge < -0.3 is 14.8 Å². The van der Waals surface area contributed by atoms with Gasteiger partial charge in [0.25, 0.3) is 0 Å². The first-order valence-electron chi connectivity index (χ1n) is 7.50. The van der Waals surface area contributed by atoms with Crippen molar-refractivity contribution < 1.29 is 19.1 Å². The summed E-state index contributed by atoms with van der Waals surface area (Å²) in [5.74, 6) is -0.230. The Morgan fingerprint density at radius 2 is 1.86 bits per heavy atom. The average Bonchev–Trinajstić information content (AvgIpc) is 2.37. The zero-order valence-corrected chi connectivity index (χ0v) is 13.8. The summed E-state index contributed by atoms with van der Waals surface area (Å²) in [6.07, 6.45) is 0.520. The van der Waals surface area contributed by atoms with E-state index in [4.69, 9.17) is 9.47 Å². The minimum atomic E-state index is -0.496. The molecule has 0 aliphatic carbocycles. The predicted octanol–water partition coefficient (Wildman–Crippen LogP) is 2.86. The highest BCUT2D eigenvalue weighted by Gasteiger charge is 2.15. The van der Waals surface area contributed by atoms with Crippen LogP contribution in [0.3, 0.4) is 0 Å². The molecule has 1 rings (SSSR count). The molecule has 0 unspecified atom stereocenters. The van der Waals surface area contributed by atoms with Gasteiger partial charge in [0.1, 0.15) is 5.60 Å². The highest BCUT2D eigenvalue weighted by molar-refractivity contribution is 5.72. The molecule has 0 bridgehead atoms. The molecule has 0 fully saturated rings. The normalized spacial score (nSPS) is 10.9. The second kappa shape index (κ2) is 8.41. The van der Waals surface area contributed by atoms with E-state index in [0.717, 1.165) is 11.1 Å². The van der Waals surface area contributed by atoms with Crippen LogP contribution in [0.25, 0.3) is 0 Å². The summed E-state index contributed by atoms with van der Waals surface area (Å²) >= 11 is 0. The molecule has 0 aliphatic heterocycles. The molecule has 122 valence electrons. The van der Waals surface area contributed by atoms with Crippen molar-refractivity contribution in [2.24, 2.45) is 0 Å². The van der Waals surface area contributed by atoms with E-state index in [9.17, 15) is 9.59 Å². The Hall–Kier alpha value is -2.04. The van der Waals surface area contributed by atoms with Crippen molar-refractivity contribution in [2.45, 2.75) is 46.1 Å². The molecule has 0 aromatic heterocycles. The van der Waals surface area contributed by atoms with Crippen molar-refractivity contribution in [1.82, 2.24) is 5.32 Å². The maximum Gasteiger partial charge on any atom is 0.407 e. The van der Waals surface area contributed by atoms with Gasteiger partial charge in [0, 0.05) is 6.54 Å². The van der Waals surface area contributed by atoms with E-state index in [1.54, 1.807) is 6.92 Å². The maximum absolute atomic E-state index is 11.5. The van der Waals surface area contributed by atoms with E-state index in [-0.39, 0.29) is 12.4 Å². The van der Waals surface area contributed by atoms with Crippen LogP contribution < -0.4 is 5.32 Å². The summed E-state index contributed by atoms with van der Waals surface area (Å²) in [5.41, 5.74) is 1.47. The van der Waals surface area contributed by atoms with Gasteiger partial charge in [-0.25, -0.2) is 4.79 Å². The summed E-state index contributed by atoms with van der Waals surface area (Å²) in [6, 6.07) is 7.71. The van der Waals surface area contributed by atoms with Crippen LogP contribution in [-0.4, -0.2) is 30.8 Å². The lowest BCUT2D eigenvalue weighted by molar-refractivity contribution is -0.142. The Bertz CT molecular complexity index is 506. The molecule has 0 heterocycles. The SMILES string of the molecule is CCOC(=O)Cc1cccc(CCNC(=O)OC(C)(C)C)c1. The lowest BCUT2D eigenvalue weighted by Crippen LogP contribution is -2.33. The van der Waals surface area contributed by atoms with E-state index < -0.39 is 11.7 Å². The molecule has 0 saturated carbocycles. The lowest BCUT2D eigenvalue weighted by atomic mass is 10.1. The average molecular weight is 307 g/mol. The molecule has 5 nitrogen and oxygen atoms in total. The fourth-order valence-corrected chi connectivity index (χ4v) is 1.90. The number of benzene rings is 1. The van der Waals surface area contributed by atoms with Crippen LogP contribution in [0.15, 0.2) is 24.3 Å². The smallest absolute Gasteiger partial charge is 0.407 e. The number of carbonyl (C=O) groups is 2. The van der Waals surface area contributed by atoms with Crippen LogP contribution >= 0.6 is 0 Å². The highest BCUT2D eigenvalue weighted by Crippen LogP contribution is 2.08. The first-order valence-corrected chi connectivity index (χ1v) is 7.50. The maximum atomic E-state index is 11.5.